The highest BCUT2D eigenvalue weighted by atomic mass is 19.3. The second-order valence-corrected chi connectivity index (χ2v) is 6.78. The van der Waals surface area contributed by atoms with Gasteiger partial charge in [0, 0.05) is 24.6 Å². The number of nitrogens with zero attached hydrogens (tertiary/aromatic N) is 3. The van der Waals surface area contributed by atoms with Crippen LogP contribution in [0.3, 0.4) is 0 Å². The molecule has 0 aliphatic heterocycles. The van der Waals surface area contributed by atoms with E-state index in [-0.39, 0.29) is 25.1 Å². The molecule has 0 amide bonds. The molecule has 3 aromatic rings. The first-order chi connectivity index (χ1) is 12.4. The number of para-hydroxylation sites is 1. The molecule has 5 nitrogen and oxygen atoms in total. The first-order valence-electron chi connectivity index (χ1n) is 8.51. The Morgan fingerprint density at radius 1 is 1.23 bits per heavy atom. The van der Waals surface area contributed by atoms with Crippen molar-refractivity contribution in [2.24, 2.45) is 5.92 Å². The van der Waals surface area contributed by atoms with Gasteiger partial charge >= 0.3 is 0 Å². The molecule has 1 atom stereocenters. The van der Waals surface area contributed by atoms with Crippen LogP contribution in [0, 0.1) is 19.8 Å². The first-order valence-corrected chi connectivity index (χ1v) is 8.51. The second kappa shape index (κ2) is 5.93. The summed E-state index contributed by atoms with van der Waals surface area (Å²) >= 11 is 0. The molecular weight excluding hydrogens is 340 g/mol. The number of benzene rings is 1. The Bertz CT molecular complexity index is 1020. The number of hydrogen-bond acceptors (Lipinski definition) is 3. The number of aromatic nitrogens is 3. The third-order valence-electron chi connectivity index (χ3n) is 4.96. The van der Waals surface area contributed by atoms with Crippen LogP contribution in [0.4, 0.5) is 8.78 Å². The highest BCUT2D eigenvalue weighted by Gasteiger charge is 2.56. The number of fused-ring (bicyclic) bond motifs is 1. The van der Waals surface area contributed by atoms with Gasteiger partial charge < -0.3 is 9.30 Å². The van der Waals surface area contributed by atoms with Gasteiger partial charge in [0.2, 0.25) is 0 Å². The minimum absolute atomic E-state index is 0.0377. The molecule has 1 aliphatic rings. The van der Waals surface area contributed by atoms with Crippen LogP contribution in [0.25, 0.3) is 5.52 Å². The lowest BCUT2D eigenvalue weighted by atomic mass is 10.3. The van der Waals surface area contributed by atoms with Gasteiger partial charge in [0.25, 0.3) is 11.5 Å². The van der Waals surface area contributed by atoms with Crippen molar-refractivity contribution in [3.05, 3.63) is 63.8 Å². The largest absolute Gasteiger partial charge is 0.487 e. The molecule has 26 heavy (non-hydrogen) atoms. The summed E-state index contributed by atoms with van der Waals surface area (Å²) in [5.41, 5.74) is 2.11. The van der Waals surface area contributed by atoms with Gasteiger partial charge in [0.1, 0.15) is 23.6 Å². The Morgan fingerprint density at radius 2 is 1.92 bits per heavy atom. The molecule has 0 N–H and O–H groups in total. The Kier molecular flexibility index (Phi) is 3.82. The van der Waals surface area contributed by atoms with Crippen LogP contribution in [0.2, 0.25) is 0 Å². The molecule has 0 spiro atoms. The molecule has 4 rings (SSSR count). The Hall–Kier alpha value is -2.70. The molecule has 2 aromatic heterocycles. The van der Waals surface area contributed by atoms with Crippen molar-refractivity contribution in [1.29, 1.82) is 0 Å². The van der Waals surface area contributed by atoms with Crippen LogP contribution < -0.4 is 10.3 Å². The third kappa shape index (κ3) is 2.87. The van der Waals surface area contributed by atoms with E-state index in [9.17, 15) is 13.6 Å². The lowest BCUT2D eigenvalue weighted by Gasteiger charge is -2.13. The van der Waals surface area contributed by atoms with E-state index in [1.165, 1.54) is 4.57 Å². The molecular formula is C19H19F2N3O2. The molecule has 2 heterocycles. The van der Waals surface area contributed by atoms with E-state index in [1.807, 2.05) is 37.3 Å². The minimum Gasteiger partial charge on any atom is -0.487 e. The molecule has 0 bridgehead atoms. The van der Waals surface area contributed by atoms with Gasteiger partial charge in [0.05, 0.1) is 5.69 Å². The number of hydrogen-bond donors (Lipinski definition) is 0. The van der Waals surface area contributed by atoms with Crippen molar-refractivity contribution in [1.82, 2.24) is 14.2 Å². The van der Waals surface area contributed by atoms with Crippen molar-refractivity contribution in [3.8, 4) is 5.75 Å². The van der Waals surface area contributed by atoms with Crippen molar-refractivity contribution in [2.75, 3.05) is 0 Å². The standard InChI is InChI=1S/C19H19F2N3O2/c1-12-13(2)24-17(18(25)23(12)10-14-9-19(14,20)21)8-15(22-24)11-26-16-6-4-3-5-7-16/h3-8,14H,9-11H2,1-2H3. The quantitative estimate of drug-likeness (QED) is 0.702. The van der Waals surface area contributed by atoms with E-state index in [0.717, 1.165) is 5.69 Å². The lowest BCUT2D eigenvalue weighted by Crippen LogP contribution is -2.27. The van der Waals surface area contributed by atoms with E-state index >= 15 is 0 Å². The number of ether oxygens (including phenoxy) is 1. The molecule has 0 radical (unpaired) electrons. The van der Waals surface area contributed by atoms with Crippen LogP contribution in [0.15, 0.2) is 41.2 Å². The van der Waals surface area contributed by atoms with E-state index in [1.54, 1.807) is 17.5 Å². The third-order valence-corrected chi connectivity index (χ3v) is 4.96. The zero-order valence-electron chi connectivity index (χ0n) is 14.6. The predicted molar refractivity (Wildman–Crippen MR) is 92.8 cm³/mol. The van der Waals surface area contributed by atoms with Crippen molar-refractivity contribution in [3.63, 3.8) is 0 Å². The zero-order chi connectivity index (χ0) is 18.5. The molecule has 0 saturated heterocycles. The maximum atomic E-state index is 13.3. The normalized spacial score (nSPS) is 18.2. The average molecular weight is 359 g/mol. The fourth-order valence-corrected chi connectivity index (χ4v) is 3.13. The molecule has 7 heteroatoms. The molecule has 1 fully saturated rings. The van der Waals surface area contributed by atoms with Crippen LogP contribution in [-0.4, -0.2) is 20.1 Å². The van der Waals surface area contributed by atoms with E-state index < -0.39 is 11.8 Å². The lowest BCUT2D eigenvalue weighted by molar-refractivity contribution is 0.0947. The van der Waals surface area contributed by atoms with Crippen molar-refractivity contribution in [2.45, 2.75) is 39.3 Å². The number of halogens is 2. The number of aryl methyl sites for hydroxylation is 1. The first kappa shape index (κ1) is 16.8. The van der Waals surface area contributed by atoms with Crippen LogP contribution in [0.5, 0.6) is 5.75 Å². The van der Waals surface area contributed by atoms with Crippen LogP contribution >= 0.6 is 0 Å². The van der Waals surface area contributed by atoms with Gasteiger partial charge in [-0.2, -0.15) is 5.10 Å². The summed E-state index contributed by atoms with van der Waals surface area (Å²) < 4.78 is 35.2. The van der Waals surface area contributed by atoms with Gasteiger partial charge in [0.15, 0.2) is 0 Å². The van der Waals surface area contributed by atoms with E-state index in [2.05, 4.69) is 5.10 Å². The SMILES string of the molecule is Cc1c(C)n2nc(COc3ccccc3)cc2c(=O)n1CC1CC1(F)F. The minimum atomic E-state index is -2.65. The zero-order valence-corrected chi connectivity index (χ0v) is 14.6. The van der Waals surface area contributed by atoms with Gasteiger partial charge in [-0.25, -0.2) is 13.3 Å². The number of alkyl halides is 2. The topological polar surface area (TPSA) is 48.5 Å². The molecule has 1 unspecified atom stereocenters. The second-order valence-electron chi connectivity index (χ2n) is 6.78. The Balaban J connectivity index is 1.66. The van der Waals surface area contributed by atoms with Gasteiger partial charge in [-0.15, -0.1) is 0 Å². The monoisotopic (exact) mass is 359 g/mol. The van der Waals surface area contributed by atoms with Gasteiger partial charge in [-0.3, -0.25) is 4.79 Å². The summed E-state index contributed by atoms with van der Waals surface area (Å²) in [4.78, 5) is 12.8. The Labute approximate surface area is 148 Å². The van der Waals surface area contributed by atoms with Gasteiger partial charge in [-0.05, 0) is 32.0 Å². The van der Waals surface area contributed by atoms with Crippen molar-refractivity contribution < 1.29 is 13.5 Å². The summed E-state index contributed by atoms with van der Waals surface area (Å²) in [5.74, 6) is -2.70. The highest BCUT2D eigenvalue weighted by molar-refractivity contribution is 5.47. The fourth-order valence-electron chi connectivity index (χ4n) is 3.13. The average Bonchev–Trinajstić information content (AvgIpc) is 3.04. The van der Waals surface area contributed by atoms with Crippen molar-refractivity contribution >= 4 is 5.52 Å². The Morgan fingerprint density at radius 3 is 2.58 bits per heavy atom. The van der Waals surface area contributed by atoms with Crippen LogP contribution in [0.1, 0.15) is 23.5 Å². The maximum Gasteiger partial charge on any atom is 0.276 e. The summed E-state index contributed by atoms with van der Waals surface area (Å²) in [5, 5.41) is 4.44. The predicted octanol–water partition coefficient (Wildman–Crippen LogP) is 3.35. The summed E-state index contributed by atoms with van der Waals surface area (Å²) in [6, 6.07) is 11.0. The fraction of sp³-hybridized carbons (Fsp3) is 0.368. The highest BCUT2D eigenvalue weighted by Crippen LogP contribution is 2.49. The van der Waals surface area contributed by atoms with Crippen LogP contribution in [-0.2, 0) is 13.2 Å². The molecule has 1 aromatic carbocycles. The molecule has 1 saturated carbocycles. The molecule has 136 valence electrons. The van der Waals surface area contributed by atoms with E-state index in [0.29, 0.717) is 22.7 Å². The van der Waals surface area contributed by atoms with E-state index in [4.69, 9.17) is 4.74 Å². The molecule has 1 aliphatic carbocycles. The summed E-state index contributed by atoms with van der Waals surface area (Å²) in [6.07, 6.45) is -0.154. The summed E-state index contributed by atoms with van der Waals surface area (Å²) in [6.45, 7) is 3.86. The smallest absolute Gasteiger partial charge is 0.276 e. The summed E-state index contributed by atoms with van der Waals surface area (Å²) in [7, 11) is 0. The maximum absolute atomic E-state index is 13.3. The number of rotatable bonds is 5. The van der Waals surface area contributed by atoms with Gasteiger partial charge in [-0.1, -0.05) is 18.2 Å².